The molecule has 0 heterocycles. The molecular weight excluding hydrogens is 790 g/mol. The van der Waals surface area contributed by atoms with Crippen molar-refractivity contribution in [1.82, 2.24) is 0 Å². The van der Waals surface area contributed by atoms with Gasteiger partial charge in [-0.1, -0.05) is 142 Å². The lowest BCUT2D eigenvalue weighted by Gasteiger charge is -2.24. The van der Waals surface area contributed by atoms with E-state index < -0.39 is 38.6 Å². The number of aliphatic hydroxyl groups excluding tert-OH is 1. The Morgan fingerprint density at radius 3 is 1.74 bits per heavy atom. The number of rotatable bonds is 39. The van der Waals surface area contributed by atoms with Gasteiger partial charge in [-0.3, -0.25) is 18.6 Å². The Kier molecular flexibility index (Phi) is 38.4. The summed E-state index contributed by atoms with van der Waals surface area (Å²) in [5, 5.41) is 10.1. The molecule has 0 amide bonds. The molecule has 11 heteroatoms. The smallest absolute Gasteiger partial charge is 0.462 e. The SMILES string of the molecule is CC/C=C\C/C=C\C/C=C\C/C=C\C/C=C\CCCCCC(=O)O[C@H](COC(=O)CCC/C=C/C=C\C(O)C/C=C\C/C=C\CCCCC)COP(=O)(O)OCC[N+](C)(C)C. The van der Waals surface area contributed by atoms with Gasteiger partial charge in [0.05, 0.1) is 33.9 Å². The molecule has 0 aromatic heterocycles. The summed E-state index contributed by atoms with van der Waals surface area (Å²) in [4.78, 5) is 35.4. The number of phosphoric ester groups is 1. The van der Waals surface area contributed by atoms with Gasteiger partial charge in [0.1, 0.15) is 19.8 Å². The van der Waals surface area contributed by atoms with Crippen molar-refractivity contribution in [3.8, 4) is 0 Å². The highest BCUT2D eigenvalue weighted by Crippen LogP contribution is 2.43. The van der Waals surface area contributed by atoms with E-state index in [1.807, 2.05) is 39.4 Å². The van der Waals surface area contributed by atoms with Crippen LogP contribution >= 0.6 is 7.82 Å². The third kappa shape index (κ3) is 44.5. The number of carbonyl (C=O) groups excluding carboxylic acids is 2. The van der Waals surface area contributed by atoms with Crippen LogP contribution in [0.1, 0.15) is 136 Å². The molecule has 0 saturated heterocycles. The number of esters is 2. The van der Waals surface area contributed by atoms with Crippen LogP contribution in [-0.4, -0.2) is 86.1 Å². The third-order valence-corrected chi connectivity index (χ3v) is 9.85. The molecule has 2 N–H and O–H groups in total. The van der Waals surface area contributed by atoms with Crippen LogP contribution in [0.5, 0.6) is 0 Å². The predicted octanol–water partition coefficient (Wildman–Crippen LogP) is 12.1. The number of likely N-dealkylation sites (N-methyl/N-ethyl adjacent to an activating group) is 1. The van der Waals surface area contributed by atoms with Gasteiger partial charge >= 0.3 is 19.8 Å². The van der Waals surface area contributed by atoms with Gasteiger partial charge < -0.3 is 24.0 Å². The Labute approximate surface area is 370 Å². The van der Waals surface area contributed by atoms with Gasteiger partial charge in [0.25, 0.3) is 0 Å². The van der Waals surface area contributed by atoms with Crippen LogP contribution in [-0.2, 0) is 32.7 Å². The molecule has 2 unspecified atom stereocenters. The van der Waals surface area contributed by atoms with E-state index in [0.717, 1.165) is 64.2 Å². The Bertz CT molecular complexity index is 1420. The second kappa shape index (κ2) is 40.7. The number of aliphatic hydroxyl groups is 1. The van der Waals surface area contributed by atoms with Crippen molar-refractivity contribution in [2.24, 2.45) is 0 Å². The number of hydrogen-bond acceptors (Lipinski definition) is 8. The first-order valence-electron chi connectivity index (χ1n) is 22.7. The van der Waals surface area contributed by atoms with Gasteiger partial charge in [-0.15, -0.1) is 0 Å². The highest BCUT2D eigenvalue weighted by Gasteiger charge is 2.27. The van der Waals surface area contributed by atoms with Crippen molar-refractivity contribution in [2.75, 3.05) is 47.5 Å². The first-order valence-corrected chi connectivity index (χ1v) is 24.2. The molecule has 3 atom stereocenters. The van der Waals surface area contributed by atoms with Crippen LogP contribution in [0.3, 0.4) is 0 Å². The van der Waals surface area contributed by atoms with Crippen LogP contribution in [0.4, 0.5) is 0 Å². The maximum Gasteiger partial charge on any atom is 0.472 e. The second-order valence-corrected chi connectivity index (χ2v) is 17.3. The number of allylic oxidation sites excluding steroid dienone is 16. The van der Waals surface area contributed by atoms with Crippen LogP contribution < -0.4 is 0 Å². The molecule has 61 heavy (non-hydrogen) atoms. The van der Waals surface area contributed by atoms with E-state index >= 15 is 0 Å². The first-order chi connectivity index (χ1) is 29.4. The van der Waals surface area contributed by atoms with E-state index in [9.17, 15) is 24.2 Å². The van der Waals surface area contributed by atoms with Gasteiger partial charge in [0, 0.05) is 12.8 Å². The number of ether oxygens (including phenoxy) is 2. The molecule has 0 bridgehead atoms. The molecule has 346 valence electrons. The van der Waals surface area contributed by atoms with E-state index in [1.54, 1.807) is 12.2 Å². The van der Waals surface area contributed by atoms with Crippen molar-refractivity contribution in [1.29, 1.82) is 0 Å². The fourth-order valence-electron chi connectivity index (χ4n) is 5.29. The summed E-state index contributed by atoms with van der Waals surface area (Å²) in [6, 6.07) is 0. The van der Waals surface area contributed by atoms with Crippen molar-refractivity contribution in [2.45, 2.75) is 148 Å². The van der Waals surface area contributed by atoms with Crippen LogP contribution in [0.15, 0.2) is 109 Å². The van der Waals surface area contributed by atoms with Gasteiger partial charge in [0.15, 0.2) is 6.10 Å². The average molecular weight is 873 g/mol. The standard InChI is InChI=1S/C50H82NO9P/c1-6-8-10-12-14-16-17-18-19-20-21-22-23-24-25-27-29-33-38-42-50(54)60-48(46-59-61(55,56)58-44-43-51(3,4)5)45-57-49(53)41-37-34-30-32-36-40-47(52)39-35-31-28-26-15-13-11-9-7-2/h8,10,14-16,18-19,21-22,24-26,30-32,35-36,40,47-48,52H,6-7,9,11-13,17,20,23,27-29,33-34,37-39,41-46H2,1-5H3/p+1/b10-8-,16-14-,19-18-,22-21-,25-24-,26-15-,32-30+,35-31-,40-36-/t47?,48-/m1/s1. The summed E-state index contributed by atoms with van der Waals surface area (Å²) >= 11 is 0. The molecule has 0 aliphatic rings. The third-order valence-electron chi connectivity index (χ3n) is 8.87. The number of unbranched alkanes of at least 4 members (excludes halogenated alkanes) is 7. The summed E-state index contributed by atoms with van der Waals surface area (Å²) in [6.45, 7) is 4.04. The fourth-order valence-corrected chi connectivity index (χ4v) is 6.03. The lowest BCUT2D eigenvalue weighted by Crippen LogP contribution is -2.37. The average Bonchev–Trinajstić information content (AvgIpc) is 3.21. The molecule has 0 rings (SSSR count). The molecule has 0 fully saturated rings. The van der Waals surface area contributed by atoms with E-state index in [-0.39, 0.29) is 26.1 Å². The van der Waals surface area contributed by atoms with E-state index in [2.05, 4.69) is 92.8 Å². The van der Waals surface area contributed by atoms with Crippen LogP contribution in [0, 0.1) is 0 Å². The fraction of sp³-hybridized carbons (Fsp3) is 0.600. The zero-order valence-corrected chi connectivity index (χ0v) is 39.4. The number of carbonyl (C=O) groups is 2. The molecular formula is C50H83NO9P+. The van der Waals surface area contributed by atoms with E-state index in [0.29, 0.717) is 36.7 Å². The van der Waals surface area contributed by atoms with Gasteiger partial charge in [0.2, 0.25) is 0 Å². The molecule has 0 aromatic carbocycles. The van der Waals surface area contributed by atoms with E-state index in [1.165, 1.54) is 19.3 Å². The summed E-state index contributed by atoms with van der Waals surface area (Å²) in [5.74, 6) is -0.979. The summed E-state index contributed by atoms with van der Waals surface area (Å²) < 4.78 is 34.2. The zero-order chi connectivity index (χ0) is 45.1. The molecule has 0 radical (unpaired) electrons. The quantitative estimate of drug-likeness (QED) is 0.0155. The topological polar surface area (TPSA) is 129 Å². The maximum atomic E-state index is 12.7. The summed E-state index contributed by atoms with van der Waals surface area (Å²) in [7, 11) is 1.36. The lowest BCUT2D eigenvalue weighted by atomic mass is 10.1. The number of hydrogen-bond donors (Lipinski definition) is 2. The number of phosphoric acid groups is 1. The van der Waals surface area contributed by atoms with Crippen molar-refractivity contribution < 1.29 is 47.2 Å². The molecule has 0 aliphatic heterocycles. The minimum absolute atomic E-state index is 0.00410. The number of nitrogens with zero attached hydrogens (tertiary/aromatic N) is 1. The zero-order valence-electron chi connectivity index (χ0n) is 38.5. The van der Waals surface area contributed by atoms with Gasteiger partial charge in [-0.2, -0.15) is 0 Å². The normalized spacial score (nSPS) is 15.1. The van der Waals surface area contributed by atoms with E-state index in [4.69, 9.17) is 18.5 Å². The molecule has 0 spiro atoms. The highest BCUT2D eigenvalue weighted by molar-refractivity contribution is 7.47. The summed E-state index contributed by atoms with van der Waals surface area (Å²) in [5.41, 5.74) is 0. The van der Waals surface area contributed by atoms with Crippen molar-refractivity contribution in [3.63, 3.8) is 0 Å². The largest absolute Gasteiger partial charge is 0.472 e. The Balaban J connectivity index is 4.61. The van der Waals surface area contributed by atoms with Crippen molar-refractivity contribution >= 4 is 19.8 Å². The molecule has 10 nitrogen and oxygen atoms in total. The Morgan fingerprint density at radius 2 is 1.15 bits per heavy atom. The van der Waals surface area contributed by atoms with Crippen LogP contribution in [0.25, 0.3) is 0 Å². The Hall–Kier alpha value is -3.37. The van der Waals surface area contributed by atoms with Gasteiger partial charge in [-0.05, 0) is 89.9 Å². The summed E-state index contributed by atoms with van der Waals surface area (Å²) in [6.07, 6.45) is 51.7. The molecule has 0 aliphatic carbocycles. The van der Waals surface area contributed by atoms with Crippen LogP contribution in [0.2, 0.25) is 0 Å². The molecule has 0 saturated carbocycles. The monoisotopic (exact) mass is 873 g/mol. The predicted molar refractivity (Wildman–Crippen MR) is 253 cm³/mol. The first kappa shape index (κ1) is 57.6. The lowest BCUT2D eigenvalue weighted by molar-refractivity contribution is -0.870. The highest BCUT2D eigenvalue weighted by atomic mass is 31.2. The second-order valence-electron chi connectivity index (χ2n) is 15.9. The maximum absolute atomic E-state index is 12.7. The minimum Gasteiger partial charge on any atom is -0.462 e. The molecule has 0 aromatic rings. The van der Waals surface area contributed by atoms with Crippen molar-refractivity contribution in [3.05, 3.63) is 109 Å². The number of quaternary nitrogens is 1. The van der Waals surface area contributed by atoms with Gasteiger partial charge in [-0.25, -0.2) is 4.57 Å². The minimum atomic E-state index is -4.43. The Morgan fingerprint density at radius 1 is 0.607 bits per heavy atom.